The summed E-state index contributed by atoms with van der Waals surface area (Å²) in [4.78, 5) is 14.2. The number of carbonyl (C=O) groups excluding carboxylic acids is 1. The maximum atomic E-state index is 11.8. The summed E-state index contributed by atoms with van der Waals surface area (Å²) in [5, 5.41) is 10.5. The van der Waals surface area contributed by atoms with Crippen LogP contribution < -0.4 is 0 Å². The fourth-order valence-electron chi connectivity index (χ4n) is 4.91. The van der Waals surface area contributed by atoms with Gasteiger partial charge in [0.25, 0.3) is 0 Å². The predicted octanol–water partition coefficient (Wildman–Crippen LogP) is 7.93. The molecule has 0 aromatic rings. The van der Waals surface area contributed by atoms with E-state index < -0.39 is 0 Å². The Balaban J connectivity index is 3.73. The van der Waals surface area contributed by atoms with Gasteiger partial charge in [-0.25, -0.2) is 0 Å². The van der Waals surface area contributed by atoms with Crippen molar-refractivity contribution in [1.29, 1.82) is 0 Å². The van der Waals surface area contributed by atoms with Gasteiger partial charge in [-0.15, -0.1) is 0 Å². The summed E-state index contributed by atoms with van der Waals surface area (Å²) in [5.41, 5.74) is 0. The van der Waals surface area contributed by atoms with Crippen LogP contribution in [0.1, 0.15) is 143 Å². The van der Waals surface area contributed by atoms with Crippen molar-refractivity contribution in [3.8, 4) is 0 Å². The Morgan fingerprint density at radius 2 is 1.31 bits per heavy atom. The molecule has 0 heterocycles. The molecule has 0 rings (SSSR count). The van der Waals surface area contributed by atoms with Crippen LogP contribution in [0.5, 0.6) is 0 Å². The molecule has 5 heteroatoms. The normalized spacial score (nSPS) is 13.3. The molecule has 0 spiro atoms. The van der Waals surface area contributed by atoms with E-state index in [1.807, 2.05) is 0 Å². The van der Waals surface area contributed by atoms with Crippen LogP contribution in [0.4, 0.5) is 0 Å². The Kier molecular flexibility index (Phi) is 26.9. The zero-order valence-electron chi connectivity index (χ0n) is 24.7. The second kappa shape index (κ2) is 27.4. The first-order valence-electron chi connectivity index (χ1n) is 15.6. The predicted molar refractivity (Wildman–Crippen MR) is 154 cm³/mol. The lowest BCUT2D eigenvalue weighted by atomic mass is 10.0. The Morgan fingerprint density at radius 1 is 0.722 bits per heavy atom. The molecule has 0 saturated heterocycles. The van der Waals surface area contributed by atoms with E-state index in [4.69, 9.17) is 9.47 Å². The number of rotatable bonds is 28. The molecule has 216 valence electrons. The highest BCUT2D eigenvalue weighted by Gasteiger charge is 2.14. The quantitative estimate of drug-likeness (QED) is 0.0850. The monoisotopic (exact) mass is 513 g/mol. The lowest BCUT2D eigenvalue weighted by Crippen LogP contribution is -2.36. The van der Waals surface area contributed by atoms with Crippen LogP contribution in [0.25, 0.3) is 0 Å². The van der Waals surface area contributed by atoms with Crippen LogP contribution >= 0.6 is 0 Å². The molecule has 5 nitrogen and oxygen atoms in total. The van der Waals surface area contributed by atoms with Gasteiger partial charge in [0.1, 0.15) is 0 Å². The minimum Gasteiger partial charge on any atom is -0.466 e. The number of unbranched alkanes of at least 4 members (excludes halogenated alkanes) is 12. The van der Waals surface area contributed by atoms with Crippen molar-refractivity contribution in [3.05, 3.63) is 0 Å². The van der Waals surface area contributed by atoms with E-state index in [9.17, 15) is 9.90 Å². The first-order chi connectivity index (χ1) is 17.5. The van der Waals surface area contributed by atoms with Crippen molar-refractivity contribution >= 4 is 5.97 Å². The molecule has 0 bridgehead atoms. The highest BCUT2D eigenvalue weighted by atomic mass is 16.5. The molecule has 0 fully saturated rings. The lowest BCUT2D eigenvalue weighted by Gasteiger charge is -2.27. The van der Waals surface area contributed by atoms with Gasteiger partial charge in [-0.2, -0.15) is 0 Å². The summed E-state index contributed by atoms with van der Waals surface area (Å²) < 4.78 is 10.5. The third kappa shape index (κ3) is 25.0. The van der Waals surface area contributed by atoms with Gasteiger partial charge >= 0.3 is 5.97 Å². The van der Waals surface area contributed by atoms with Crippen LogP contribution in [0, 0.1) is 5.92 Å². The molecule has 0 amide bonds. The number of methoxy groups -OCH3 is 1. The second-order valence-electron chi connectivity index (χ2n) is 11.0. The smallest absolute Gasteiger partial charge is 0.305 e. The zero-order chi connectivity index (χ0) is 26.7. The van der Waals surface area contributed by atoms with Crippen molar-refractivity contribution in [1.82, 2.24) is 4.90 Å². The molecular formula is C31H63NO4. The molecule has 0 aromatic carbocycles. The molecule has 0 aliphatic heterocycles. The number of hydrogen-bond donors (Lipinski definition) is 1. The van der Waals surface area contributed by atoms with Crippen LogP contribution in [0.3, 0.4) is 0 Å². The SMILES string of the molecule is CCCCCCCC(=O)OCCCCCCCC(C)CN(CCC)CC(O)CCCCCCCOC. The highest BCUT2D eigenvalue weighted by molar-refractivity contribution is 5.69. The highest BCUT2D eigenvalue weighted by Crippen LogP contribution is 2.15. The van der Waals surface area contributed by atoms with Crippen molar-refractivity contribution in [2.75, 3.05) is 40.0 Å². The zero-order valence-corrected chi connectivity index (χ0v) is 24.7. The van der Waals surface area contributed by atoms with Crippen LogP contribution in [0.2, 0.25) is 0 Å². The first kappa shape index (κ1) is 35.4. The number of nitrogens with zero attached hydrogens (tertiary/aromatic N) is 1. The van der Waals surface area contributed by atoms with Gasteiger partial charge in [0, 0.05) is 33.2 Å². The number of esters is 1. The van der Waals surface area contributed by atoms with E-state index >= 15 is 0 Å². The summed E-state index contributed by atoms with van der Waals surface area (Å²) in [5.74, 6) is 0.655. The number of aliphatic hydroxyl groups is 1. The van der Waals surface area contributed by atoms with Gasteiger partial charge < -0.3 is 19.5 Å². The molecular weight excluding hydrogens is 450 g/mol. The maximum absolute atomic E-state index is 11.8. The van der Waals surface area contributed by atoms with Gasteiger partial charge in [-0.3, -0.25) is 4.79 Å². The molecule has 0 radical (unpaired) electrons. The molecule has 1 N–H and O–H groups in total. The molecule has 0 saturated carbocycles. The fourth-order valence-corrected chi connectivity index (χ4v) is 4.91. The van der Waals surface area contributed by atoms with Gasteiger partial charge in [0.2, 0.25) is 0 Å². The maximum Gasteiger partial charge on any atom is 0.305 e. The summed E-state index contributed by atoms with van der Waals surface area (Å²) >= 11 is 0. The number of ether oxygens (including phenoxy) is 2. The van der Waals surface area contributed by atoms with Crippen molar-refractivity contribution in [2.45, 2.75) is 149 Å². The van der Waals surface area contributed by atoms with Crippen LogP contribution in [-0.2, 0) is 14.3 Å². The Labute approximate surface area is 225 Å². The standard InChI is InChI=1S/C31H63NO4/c1-5-7-8-11-18-23-31(34)36-26-20-15-9-12-16-21-29(3)27-32(24-6-2)28-30(33)22-17-13-10-14-19-25-35-4/h29-30,33H,5-28H2,1-4H3. The third-order valence-corrected chi connectivity index (χ3v) is 7.05. The molecule has 2 unspecified atom stereocenters. The fraction of sp³-hybridized carbons (Fsp3) is 0.968. The van der Waals surface area contributed by atoms with Gasteiger partial charge in [0.15, 0.2) is 0 Å². The van der Waals surface area contributed by atoms with Gasteiger partial charge in [-0.1, -0.05) is 97.8 Å². The minimum absolute atomic E-state index is 0.0139. The van der Waals surface area contributed by atoms with E-state index in [1.54, 1.807) is 7.11 Å². The Morgan fingerprint density at radius 3 is 1.97 bits per heavy atom. The molecule has 36 heavy (non-hydrogen) atoms. The number of hydrogen-bond acceptors (Lipinski definition) is 5. The lowest BCUT2D eigenvalue weighted by molar-refractivity contribution is -0.143. The summed E-state index contributed by atoms with van der Waals surface area (Å²) in [6, 6.07) is 0. The number of aliphatic hydroxyl groups excluding tert-OH is 1. The second-order valence-corrected chi connectivity index (χ2v) is 11.0. The van der Waals surface area contributed by atoms with Gasteiger partial charge in [-0.05, 0) is 51.0 Å². The van der Waals surface area contributed by atoms with E-state index in [-0.39, 0.29) is 12.1 Å². The van der Waals surface area contributed by atoms with Crippen molar-refractivity contribution in [3.63, 3.8) is 0 Å². The average Bonchev–Trinajstić information content (AvgIpc) is 2.85. The average molecular weight is 514 g/mol. The summed E-state index contributed by atoms with van der Waals surface area (Å²) in [7, 11) is 1.76. The topological polar surface area (TPSA) is 59.0 Å². The Bertz CT molecular complexity index is 460. The largest absolute Gasteiger partial charge is 0.466 e. The van der Waals surface area contributed by atoms with E-state index in [0.29, 0.717) is 18.9 Å². The molecule has 2 atom stereocenters. The third-order valence-electron chi connectivity index (χ3n) is 7.05. The van der Waals surface area contributed by atoms with Crippen molar-refractivity contribution in [2.24, 2.45) is 5.92 Å². The minimum atomic E-state index is -0.196. The van der Waals surface area contributed by atoms with E-state index in [2.05, 4.69) is 25.7 Å². The Hall–Kier alpha value is -0.650. The van der Waals surface area contributed by atoms with E-state index in [1.165, 1.54) is 64.2 Å². The molecule has 0 aliphatic rings. The van der Waals surface area contributed by atoms with Crippen LogP contribution in [0.15, 0.2) is 0 Å². The molecule has 0 aromatic heterocycles. The molecule has 0 aliphatic carbocycles. The first-order valence-corrected chi connectivity index (χ1v) is 15.6. The van der Waals surface area contributed by atoms with Gasteiger partial charge in [0.05, 0.1) is 12.7 Å². The summed E-state index contributed by atoms with van der Waals surface area (Å²) in [6.45, 7) is 11.2. The number of carbonyl (C=O) groups is 1. The van der Waals surface area contributed by atoms with Crippen molar-refractivity contribution < 1.29 is 19.4 Å². The van der Waals surface area contributed by atoms with Crippen LogP contribution in [-0.4, -0.2) is 62.0 Å². The van der Waals surface area contributed by atoms with E-state index in [0.717, 1.165) is 77.6 Å². The summed E-state index contributed by atoms with van der Waals surface area (Å²) in [6.07, 6.45) is 21.4.